The highest BCUT2D eigenvalue weighted by Gasteiger charge is 2.21. The molecule has 1 rings (SSSR count). The number of hydrogen-bond acceptors (Lipinski definition) is 2. The molecule has 0 heterocycles. The van der Waals surface area contributed by atoms with Crippen molar-refractivity contribution in [2.45, 2.75) is 12.2 Å². The van der Waals surface area contributed by atoms with Gasteiger partial charge in [0.15, 0.2) is 0 Å². The molecule has 0 aromatic heterocycles. The van der Waals surface area contributed by atoms with E-state index in [0.717, 1.165) is 0 Å². The molecule has 0 aliphatic rings. The summed E-state index contributed by atoms with van der Waals surface area (Å²) in [4.78, 5) is 0. The number of halogens is 3. The minimum absolute atomic E-state index is 0.0428. The molecule has 1 aromatic carbocycles. The van der Waals surface area contributed by atoms with Crippen LogP contribution in [0.25, 0.3) is 0 Å². The van der Waals surface area contributed by atoms with Crippen molar-refractivity contribution >= 4 is 39.1 Å². The van der Waals surface area contributed by atoms with Gasteiger partial charge in [0.1, 0.15) is 6.10 Å². The Morgan fingerprint density at radius 2 is 2.00 bits per heavy atom. The largest absolute Gasteiger partial charge is 0.389 e. The van der Waals surface area contributed by atoms with E-state index in [1.165, 1.54) is 0 Å². The van der Waals surface area contributed by atoms with Gasteiger partial charge in [0, 0.05) is 15.1 Å². The normalized spacial score (nSPS) is 15.2. The molecule has 2 nitrogen and oxygen atoms in total. The van der Waals surface area contributed by atoms with E-state index in [1.807, 2.05) is 0 Å². The molecule has 0 amide bonds. The number of rotatable bonds is 3. The van der Waals surface area contributed by atoms with Crippen LogP contribution in [0, 0.1) is 0 Å². The first kappa shape index (κ1) is 12.3. The average Bonchev–Trinajstić information content (AvgIpc) is 2.16. The van der Waals surface area contributed by atoms with Gasteiger partial charge in [0.25, 0.3) is 0 Å². The molecule has 0 fully saturated rings. The van der Waals surface area contributed by atoms with Crippen LogP contribution in [0.3, 0.4) is 0 Å². The van der Waals surface area contributed by atoms with Crippen molar-refractivity contribution < 1.29 is 10.2 Å². The van der Waals surface area contributed by atoms with Crippen molar-refractivity contribution in [3.05, 3.63) is 33.3 Å². The maximum absolute atomic E-state index is 9.70. The van der Waals surface area contributed by atoms with Crippen molar-refractivity contribution in [3.63, 3.8) is 0 Å². The average molecular weight is 300 g/mol. The van der Waals surface area contributed by atoms with Crippen LogP contribution in [0.15, 0.2) is 22.7 Å². The zero-order chi connectivity index (χ0) is 10.7. The third-order valence-corrected chi connectivity index (χ3v) is 3.16. The summed E-state index contributed by atoms with van der Waals surface area (Å²) < 4.78 is 0.654. The van der Waals surface area contributed by atoms with Crippen LogP contribution in [0.1, 0.15) is 11.7 Å². The van der Waals surface area contributed by atoms with Crippen LogP contribution in [0.2, 0.25) is 5.02 Å². The van der Waals surface area contributed by atoms with E-state index in [4.69, 9.17) is 23.2 Å². The lowest BCUT2D eigenvalue weighted by Crippen LogP contribution is -2.20. The van der Waals surface area contributed by atoms with E-state index in [0.29, 0.717) is 15.1 Å². The van der Waals surface area contributed by atoms with Gasteiger partial charge in [0.2, 0.25) is 0 Å². The molecule has 0 spiro atoms. The maximum atomic E-state index is 9.70. The van der Waals surface area contributed by atoms with Crippen LogP contribution in [-0.4, -0.2) is 22.2 Å². The molecule has 2 atom stereocenters. The number of aliphatic hydroxyl groups excluding tert-OH is 2. The van der Waals surface area contributed by atoms with E-state index in [2.05, 4.69) is 15.9 Å². The molecule has 2 N–H and O–H groups in total. The summed E-state index contributed by atoms with van der Waals surface area (Å²) >= 11 is 14.6. The molecule has 5 heteroatoms. The third kappa shape index (κ3) is 2.61. The molecule has 0 saturated heterocycles. The van der Waals surface area contributed by atoms with Crippen LogP contribution in [0.4, 0.5) is 0 Å². The number of alkyl halides is 1. The smallest absolute Gasteiger partial charge is 0.109 e. The fourth-order valence-corrected chi connectivity index (χ4v) is 2.24. The van der Waals surface area contributed by atoms with Crippen molar-refractivity contribution in [1.29, 1.82) is 0 Å². The van der Waals surface area contributed by atoms with Gasteiger partial charge in [-0.2, -0.15) is 0 Å². The van der Waals surface area contributed by atoms with E-state index < -0.39 is 12.2 Å². The Morgan fingerprint density at radius 3 is 2.50 bits per heavy atom. The van der Waals surface area contributed by atoms with Crippen molar-refractivity contribution in [3.8, 4) is 0 Å². The second-order valence-corrected chi connectivity index (χ2v) is 4.37. The Hall–Kier alpha value is 0.200. The van der Waals surface area contributed by atoms with Crippen molar-refractivity contribution in [2.75, 3.05) is 5.88 Å². The predicted molar refractivity (Wildman–Crippen MR) is 60.8 cm³/mol. The molecule has 0 aliphatic carbocycles. The molecule has 0 saturated carbocycles. The molecular formula is C9H9BrCl2O2. The summed E-state index contributed by atoms with van der Waals surface area (Å²) in [7, 11) is 0. The van der Waals surface area contributed by atoms with Gasteiger partial charge in [-0.1, -0.05) is 33.6 Å². The highest BCUT2D eigenvalue weighted by molar-refractivity contribution is 9.10. The Bertz CT molecular complexity index is 299. The number of aliphatic hydroxyl groups is 2. The van der Waals surface area contributed by atoms with Crippen LogP contribution in [0.5, 0.6) is 0 Å². The second kappa shape index (κ2) is 5.33. The lowest BCUT2D eigenvalue weighted by molar-refractivity contribution is 0.0323. The first-order valence-corrected chi connectivity index (χ1v) is 5.64. The number of benzene rings is 1. The Balaban J connectivity index is 3.05. The summed E-state index contributed by atoms with van der Waals surface area (Å²) in [5.74, 6) is -0.0428. The Kier molecular flexibility index (Phi) is 4.67. The predicted octanol–water partition coefficient (Wildman–Crippen LogP) is 2.74. The molecule has 14 heavy (non-hydrogen) atoms. The van der Waals surface area contributed by atoms with Crippen LogP contribution in [-0.2, 0) is 0 Å². The fourth-order valence-electron chi connectivity index (χ4n) is 1.07. The lowest BCUT2D eigenvalue weighted by atomic mass is 10.1. The van der Waals surface area contributed by atoms with Gasteiger partial charge < -0.3 is 10.2 Å². The lowest BCUT2D eigenvalue weighted by Gasteiger charge is -2.18. The molecule has 0 aliphatic heterocycles. The quantitative estimate of drug-likeness (QED) is 0.843. The molecule has 0 radical (unpaired) electrons. The van der Waals surface area contributed by atoms with Gasteiger partial charge in [0.05, 0.1) is 12.0 Å². The van der Waals surface area contributed by atoms with Gasteiger partial charge in [-0.3, -0.25) is 0 Å². The first-order valence-electron chi connectivity index (χ1n) is 3.94. The molecular weight excluding hydrogens is 291 g/mol. The zero-order valence-corrected chi connectivity index (χ0v) is 10.2. The van der Waals surface area contributed by atoms with Crippen LogP contribution >= 0.6 is 39.1 Å². The van der Waals surface area contributed by atoms with E-state index in [-0.39, 0.29) is 5.88 Å². The maximum Gasteiger partial charge on any atom is 0.109 e. The first-order chi connectivity index (χ1) is 6.57. The summed E-state index contributed by atoms with van der Waals surface area (Å²) in [5, 5.41) is 19.5. The van der Waals surface area contributed by atoms with Gasteiger partial charge in [-0.25, -0.2) is 0 Å². The Morgan fingerprint density at radius 1 is 1.36 bits per heavy atom. The standard InChI is InChI=1S/C9H9BrCl2O2/c10-5-2-1-3-6(12)8(5)9(14)7(13)4-11/h1-3,7,9,13-14H,4H2. The minimum atomic E-state index is -1.07. The van der Waals surface area contributed by atoms with Crippen LogP contribution < -0.4 is 0 Å². The SMILES string of the molecule is OC(CCl)C(O)c1c(Cl)cccc1Br. The van der Waals surface area contributed by atoms with E-state index in [1.54, 1.807) is 18.2 Å². The summed E-state index contributed by atoms with van der Waals surface area (Å²) in [5.41, 5.74) is 0.460. The minimum Gasteiger partial charge on any atom is -0.389 e. The Labute approximate surface area is 101 Å². The van der Waals surface area contributed by atoms with E-state index >= 15 is 0 Å². The second-order valence-electron chi connectivity index (χ2n) is 2.80. The molecule has 0 bridgehead atoms. The fraction of sp³-hybridized carbons (Fsp3) is 0.333. The highest BCUT2D eigenvalue weighted by atomic mass is 79.9. The summed E-state index contributed by atoms with van der Waals surface area (Å²) in [6.45, 7) is 0. The molecule has 1 aromatic rings. The summed E-state index contributed by atoms with van der Waals surface area (Å²) in [6, 6.07) is 5.13. The van der Waals surface area contributed by atoms with Gasteiger partial charge >= 0.3 is 0 Å². The van der Waals surface area contributed by atoms with Gasteiger partial charge in [-0.15, -0.1) is 11.6 Å². The third-order valence-electron chi connectivity index (χ3n) is 1.82. The number of hydrogen-bond donors (Lipinski definition) is 2. The molecule has 78 valence electrons. The highest BCUT2D eigenvalue weighted by Crippen LogP contribution is 2.32. The van der Waals surface area contributed by atoms with E-state index in [9.17, 15) is 10.2 Å². The monoisotopic (exact) mass is 298 g/mol. The molecule has 2 unspecified atom stereocenters. The van der Waals surface area contributed by atoms with Crippen molar-refractivity contribution in [2.24, 2.45) is 0 Å². The topological polar surface area (TPSA) is 40.5 Å². The van der Waals surface area contributed by atoms with Gasteiger partial charge in [-0.05, 0) is 12.1 Å². The van der Waals surface area contributed by atoms with Crippen molar-refractivity contribution in [1.82, 2.24) is 0 Å². The summed E-state index contributed by atoms with van der Waals surface area (Å²) in [6.07, 6.45) is -2.09. The zero-order valence-electron chi connectivity index (χ0n) is 7.12.